The van der Waals surface area contributed by atoms with Gasteiger partial charge in [0, 0.05) is 32.1 Å². The monoisotopic (exact) mass is 317 g/mol. The molecule has 0 spiro atoms. The molecule has 126 valence electrons. The summed E-state index contributed by atoms with van der Waals surface area (Å²) in [5.74, 6) is 1.62. The summed E-state index contributed by atoms with van der Waals surface area (Å²) in [7, 11) is 1.71. The molecule has 2 aliphatic rings. The Morgan fingerprint density at radius 1 is 1.39 bits per heavy atom. The first-order valence-corrected chi connectivity index (χ1v) is 8.64. The highest BCUT2D eigenvalue weighted by Crippen LogP contribution is 2.31. The van der Waals surface area contributed by atoms with E-state index in [1.54, 1.807) is 7.11 Å². The Morgan fingerprint density at radius 2 is 2.26 bits per heavy atom. The van der Waals surface area contributed by atoms with Crippen LogP contribution in [-0.2, 0) is 4.79 Å². The number of ether oxygens (including phenoxy) is 1. The number of benzene rings is 1. The van der Waals surface area contributed by atoms with Crippen molar-refractivity contribution in [3.05, 3.63) is 24.3 Å². The largest absolute Gasteiger partial charge is 0.495 e. The van der Waals surface area contributed by atoms with E-state index in [0.29, 0.717) is 18.4 Å². The molecule has 0 bridgehead atoms. The lowest BCUT2D eigenvalue weighted by Crippen LogP contribution is -2.35. The third kappa shape index (κ3) is 4.16. The van der Waals surface area contributed by atoms with Crippen LogP contribution in [0.25, 0.3) is 0 Å². The van der Waals surface area contributed by atoms with E-state index in [1.165, 1.54) is 6.42 Å². The molecule has 2 fully saturated rings. The quantitative estimate of drug-likeness (QED) is 0.840. The van der Waals surface area contributed by atoms with Crippen molar-refractivity contribution in [2.75, 3.05) is 38.2 Å². The van der Waals surface area contributed by atoms with E-state index in [0.717, 1.165) is 50.5 Å². The molecule has 0 aromatic heterocycles. The number of carbonyl (C=O) groups is 1. The van der Waals surface area contributed by atoms with Gasteiger partial charge in [0.1, 0.15) is 5.75 Å². The minimum Gasteiger partial charge on any atom is -0.495 e. The van der Waals surface area contributed by atoms with Crippen molar-refractivity contribution in [1.82, 2.24) is 10.6 Å². The van der Waals surface area contributed by atoms with Crippen LogP contribution < -0.4 is 20.3 Å². The van der Waals surface area contributed by atoms with Crippen molar-refractivity contribution in [2.24, 2.45) is 5.92 Å². The molecule has 2 atom stereocenters. The van der Waals surface area contributed by atoms with Crippen molar-refractivity contribution in [3.8, 4) is 5.75 Å². The molecular weight excluding hydrogens is 290 g/mol. The second-order valence-electron chi connectivity index (χ2n) is 6.57. The van der Waals surface area contributed by atoms with Gasteiger partial charge in [-0.3, -0.25) is 4.79 Å². The molecule has 2 saturated heterocycles. The Labute approximate surface area is 138 Å². The lowest BCUT2D eigenvalue weighted by Gasteiger charge is -2.21. The van der Waals surface area contributed by atoms with Crippen LogP contribution in [0.2, 0.25) is 0 Å². The standard InChI is InChI=1S/C18H27N3O2/c1-23-17-7-3-2-6-16(17)21-10-8-14(13-21)12-20-18(22)11-15-5-4-9-19-15/h2-3,6-7,14-15,19H,4-5,8-13H2,1H3,(H,20,22). The molecular formula is C18H27N3O2. The van der Waals surface area contributed by atoms with Crippen LogP contribution >= 0.6 is 0 Å². The van der Waals surface area contributed by atoms with Gasteiger partial charge in [-0.1, -0.05) is 12.1 Å². The number of rotatable bonds is 6. The van der Waals surface area contributed by atoms with Gasteiger partial charge in [-0.2, -0.15) is 0 Å². The molecule has 23 heavy (non-hydrogen) atoms. The van der Waals surface area contributed by atoms with Gasteiger partial charge >= 0.3 is 0 Å². The molecule has 2 aliphatic heterocycles. The minimum atomic E-state index is 0.181. The van der Waals surface area contributed by atoms with Crippen LogP contribution in [0, 0.1) is 5.92 Å². The van der Waals surface area contributed by atoms with Gasteiger partial charge in [-0.05, 0) is 43.9 Å². The summed E-state index contributed by atoms with van der Waals surface area (Å²) in [4.78, 5) is 14.4. The lowest BCUT2D eigenvalue weighted by molar-refractivity contribution is -0.121. The van der Waals surface area contributed by atoms with Gasteiger partial charge in [0.05, 0.1) is 12.8 Å². The van der Waals surface area contributed by atoms with E-state index in [1.807, 2.05) is 18.2 Å². The van der Waals surface area contributed by atoms with Gasteiger partial charge in [-0.25, -0.2) is 0 Å². The predicted octanol–water partition coefficient (Wildman–Crippen LogP) is 1.78. The lowest BCUT2D eigenvalue weighted by atomic mass is 10.1. The summed E-state index contributed by atoms with van der Waals surface area (Å²) in [6.45, 7) is 3.82. The average molecular weight is 317 g/mol. The maximum atomic E-state index is 12.0. The van der Waals surface area contributed by atoms with E-state index in [4.69, 9.17) is 4.74 Å². The zero-order valence-electron chi connectivity index (χ0n) is 13.9. The van der Waals surface area contributed by atoms with Crippen LogP contribution in [0.4, 0.5) is 5.69 Å². The first kappa shape index (κ1) is 16.1. The predicted molar refractivity (Wildman–Crippen MR) is 92.0 cm³/mol. The van der Waals surface area contributed by atoms with Crippen LogP contribution in [0.3, 0.4) is 0 Å². The third-order valence-electron chi connectivity index (χ3n) is 4.89. The Bertz CT molecular complexity index is 529. The van der Waals surface area contributed by atoms with E-state index >= 15 is 0 Å². The van der Waals surface area contributed by atoms with E-state index < -0.39 is 0 Å². The number of amides is 1. The van der Waals surface area contributed by atoms with Gasteiger partial charge in [0.2, 0.25) is 5.91 Å². The van der Waals surface area contributed by atoms with Gasteiger partial charge in [0.25, 0.3) is 0 Å². The molecule has 1 amide bonds. The van der Waals surface area contributed by atoms with E-state index in [9.17, 15) is 4.79 Å². The highest BCUT2D eigenvalue weighted by molar-refractivity contribution is 5.76. The fourth-order valence-electron chi connectivity index (χ4n) is 3.59. The number of carbonyl (C=O) groups excluding carboxylic acids is 1. The van der Waals surface area contributed by atoms with Crippen molar-refractivity contribution in [1.29, 1.82) is 0 Å². The fraction of sp³-hybridized carbons (Fsp3) is 0.611. The molecule has 2 N–H and O–H groups in total. The fourth-order valence-corrected chi connectivity index (χ4v) is 3.59. The van der Waals surface area contributed by atoms with Gasteiger partial charge in [-0.15, -0.1) is 0 Å². The first-order valence-electron chi connectivity index (χ1n) is 8.64. The Kier molecular flexibility index (Phi) is 5.39. The van der Waals surface area contributed by atoms with E-state index in [-0.39, 0.29) is 5.91 Å². The first-order chi connectivity index (χ1) is 11.3. The number of para-hydroxylation sites is 2. The number of methoxy groups -OCH3 is 1. The summed E-state index contributed by atoms with van der Waals surface area (Å²) < 4.78 is 5.45. The Morgan fingerprint density at radius 3 is 3.04 bits per heavy atom. The topological polar surface area (TPSA) is 53.6 Å². The second kappa shape index (κ2) is 7.68. The number of nitrogens with zero attached hydrogens (tertiary/aromatic N) is 1. The van der Waals surface area contributed by atoms with Gasteiger partial charge in [0.15, 0.2) is 0 Å². The molecule has 5 nitrogen and oxygen atoms in total. The molecule has 3 rings (SSSR count). The normalized spacial score (nSPS) is 24.0. The summed E-state index contributed by atoms with van der Waals surface area (Å²) in [6.07, 6.45) is 4.04. The minimum absolute atomic E-state index is 0.181. The maximum Gasteiger partial charge on any atom is 0.221 e. The molecule has 2 unspecified atom stereocenters. The second-order valence-corrected chi connectivity index (χ2v) is 6.57. The molecule has 1 aromatic carbocycles. The highest BCUT2D eigenvalue weighted by atomic mass is 16.5. The number of nitrogens with one attached hydrogen (secondary N) is 2. The summed E-state index contributed by atoms with van der Waals surface area (Å²) in [5.41, 5.74) is 1.15. The van der Waals surface area contributed by atoms with Crippen molar-refractivity contribution in [3.63, 3.8) is 0 Å². The summed E-state index contributed by atoms with van der Waals surface area (Å²) in [6, 6.07) is 8.52. The smallest absolute Gasteiger partial charge is 0.221 e. The van der Waals surface area contributed by atoms with Crippen molar-refractivity contribution < 1.29 is 9.53 Å². The summed E-state index contributed by atoms with van der Waals surface area (Å²) in [5, 5.41) is 6.49. The van der Waals surface area contributed by atoms with Crippen molar-refractivity contribution >= 4 is 11.6 Å². The van der Waals surface area contributed by atoms with Crippen molar-refractivity contribution in [2.45, 2.75) is 31.7 Å². The van der Waals surface area contributed by atoms with Crippen LogP contribution in [0.15, 0.2) is 24.3 Å². The molecule has 2 heterocycles. The molecule has 1 aromatic rings. The van der Waals surface area contributed by atoms with Gasteiger partial charge < -0.3 is 20.3 Å². The molecule has 0 saturated carbocycles. The molecule has 5 heteroatoms. The average Bonchev–Trinajstić information content (AvgIpc) is 3.24. The Balaban J connectivity index is 1.45. The van der Waals surface area contributed by atoms with E-state index in [2.05, 4.69) is 21.6 Å². The van der Waals surface area contributed by atoms with Crippen LogP contribution in [0.1, 0.15) is 25.7 Å². The van der Waals surface area contributed by atoms with Crippen LogP contribution in [-0.4, -0.2) is 45.2 Å². The Hall–Kier alpha value is -1.75. The summed E-state index contributed by atoms with van der Waals surface area (Å²) >= 11 is 0. The number of hydrogen-bond donors (Lipinski definition) is 2. The number of hydrogen-bond acceptors (Lipinski definition) is 4. The highest BCUT2D eigenvalue weighted by Gasteiger charge is 2.25. The zero-order chi connectivity index (χ0) is 16.1. The third-order valence-corrected chi connectivity index (χ3v) is 4.89. The number of anilines is 1. The SMILES string of the molecule is COc1ccccc1N1CCC(CNC(=O)CC2CCCN2)C1. The zero-order valence-corrected chi connectivity index (χ0v) is 13.9. The molecule has 0 aliphatic carbocycles. The molecule has 0 radical (unpaired) electrons. The maximum absolute atomic E-state index is 12.0. The van der Waals surface area contributed by atoms with Crippen LogP contribution in [0.5, 0.6) is 5.75 Å².